The van der Waals surface area contributed by atoms with E-state index in [-0.39, 0.29) is 5.69 Å². The molecule has 0 bridgehead atoms. The van der Waals surface area contributed by atoms with Crippen molar-refractivity contribution in [2.24, 2.45) is 0 Å². The van der Waals surface area contributed by atoms with Crippen LogP contribution in [0.3, 0.4) is 0 Å². The molecule has 80 valence electrons. The molecule has 0 aromatic carbocycles. The summed E-state index contributed by atoms with van der Waals surface area (Å²) in [5.41, 5.74) is -0.00870. The van der Waals surface area contributed by atoms with Gasteiger partial charge in [-0.3, -0.25) is 0 Å². The van der Waals surface area contributed by atoms with Gasteiger partial charge >= 0.3 is 5.97 Å². The predicted octanol–water partition coefficient (Wildman–Crippen LogP) is 1.16. The second-order valence-corrected chi connectivity index (χ2v) is 3.75. The summed E-state index contributed by atoms with van der Waals surface area (Å²) in [7, 11) is 0. The first-order chi connectivity index (χ1) is 7.18. The number of anilines is 1. The summed E-state index contributed by atoms with van der Waals surface area (Å²) in [6.07, 6.45) is 5.15. The second kappa shape index (κ2) is 3.84. The lowest BCUT2D eigenvalue weighted by Crippen LogP contribution is -2.27. The van der Waals surface area contributed by atoms with Crippen molar-refractivity contribution in [1.29, 1.82) is 0 Å². The van der Waals surface area contributed by atoms with Gasteiger partial charge in [0.2, 0.25) is 0 Å². The Kier molecular flexibility index (Phi) is 2.53. The molecule has 15 heavy (non-hydrogen) atoms. The van der Waals surface area contributed by atoms with Gasteiger partial charge < -0.3 is 10.0 Å². The minimum Gasteiger partial charge on any atom is -0.476 e. The van der Waals surface area contributed by atoms with Gasteiger partial charge in [-0.1, -0.05) is 0 Å². The minimum atomic E-state index is -1.04. The summed E-state index contributed by atoms with van der Waals surface area (Å²) in [4.78, 5) is 20.7. The number of carboxylic acids is 1. The lowest BCUT2D eigenvalue weighted by atomic mass is 10.2. The van der Waals surface area contributed by atoms with Crippen LogP contribution in [0.25, 0.3) is 0 Å². The molecule has 1 aliphatic heterocycles. The van der Waals surface area contributed by atoms with Crippen LogP contribution in [0.15, 0.2) is 12.4 Å². The Morgan fingerprint density at radius 1 is 1.53 bits per heavy atom. The van der Waals surface area contributed by atoms with E-state index in [1.807, 2.05) is 0 Å². The van der Waals surface area contributed by atoms with Crippen LogP contribution in [-0.2, 0) is 0 Å². The molecule has 5 heteroatoms. The van der Waals surface area contributed by atoms with Crippen LogP contribution >= 0.6 is 0 Å². The summed E-state index contributed by atoms with van der Waals surface area (Å²) in [6.45, 7) is 3.11. The first-order valence-electron chi connectivity index (χ1n) is 5.00. The maximum absolute atomic E-state index is 10.6. The number of nitrogens with zero attached hydrogens (tertiary/aromatic N) is 3. The molecule has 2 rings (SSSR count). The quantitative estimate of drug-likeness (QED) is 0.788. The average molecular weight is 207 g/mol. The van der Waals surface area contributed by atoms with Crippen molar-refractivity contribution in [2.75, 3.05) is 11.4 Å². The van der Waals surface area contributed by atoms with Crippen LogP contribution in [-0.4, -0.2) is 33.6 Å². The summed E-state index contributed by atoms with van der Waals surface area (Å²) in [5.74, 6) is -0.270. The van der Waals surface area contributed by atoms with Crippen LogP contribution in [0.4, 0.5) is 5.82 Å². The smallest absolute Gasteiger partial charge is 0.356 e. The summed E-state index contributed by atoms with van der Waals surface area (Å²) >= 11 is 0. The zero-order chi connectivity index (χ0) is 10.8. The number of rotatable bonds is 2. The highest BCUT2D eigenvalue weighted by Gasteiger charge is 2.21. The van der Waals surface area contributed by atoms with E-state index < -0.39 is 5.97 Å². The number of aromatic nitrogens is 2. The molecular formula is C10H13N3O2. The number of hydrogen-bond donors (Lipinski definition) is 1. The summed E-state index contributed by atoms with van der Waals surface area (Å²) < 4.78 is 0. The molecule has 1 saturated heterocycles. The van der Waals surface area contributed by atoms with E-state index in [2.05, 4.69) is 21.8 Å². The summed E-state index contributed by atoms with van der Waals surface area (Å²) in [6, 6.07) is 0.468. The van der Waals surface area contributed by atoms with Crippen molar-refractivity contribution in [3.8, 4) is 0 Å². The Morgan fingerprint density at radius 2 is 2.33 bits per heavy atom. The van der Waals surface area contributed by atoms with Gasteiger partial charge in [0.25, 0.3) is 0 Å². The molecule has 2 heterocycles. The van der Waals surface area contributed by atoms with Crippen molar-refractivity contribution in [3.05, 3.63) is 18.1 Å². The Hall–Kier alpha value is -1.65. The maximum atomic E-state index is 10.6. The highest BCUT2D eigenvalue weighted by molar-refractivity contribution is 5.84. The van der Waals surface area contributed by atoms with Gasteiger partial charge in [-0.05, 0) is 19.8 Å². The fourth-order valence-electron chi connectivity index (χ4n) is 1.85. The van der Waals surface area contributed by atoms with Crippen LogP contribution in [0.1, 0.15) is 30.3 Å². The topological polar surface area (TPSA) is 66.3 Å². The third-order valence-corrected chi connectivity index (χ3v) is 2.70. The van der Waals surface area contributed by atoms with Gasteiger partial charge in [-0.15, -0.1) is 0 Å². The molecule has 1 aromatic heterocycles. The zero-order valence-electron chi connectivity index (χ0n) is 8.55. The molecule has 1 aromatic rings. The highest BCUT2D eigenvalue weighted by Crippen LogP contribution is 2.22. The predicted molar refractivity (Wildman–Crippen MR) is 55.0 cm³/mol. The second-order valence-electron chi connectivity index (χ2n) is 3.75. The maximum Gasteiger partial charge on any atom is 0.356 e. The first-order valence-corrected chi connectivity index (χ1v) is 5.00. The van der Waals surface area contributed by atoms with Gasteiger partial charge in [0.1, 0.15) is 5.82 Å². The Bertz CT molecular complexity index is 363. The van der Waals surface area contributed by atoms with Gasteiger partial charge in [-0.25, -0.2) is 14.8 Å². The van der Waals surface area contributed by atoms with E-state index in [4.69, 9.17) is 5.11 Å². The lowest BCUT2D eigenvalue weighted by Gasteiger charge is -2.21. The molecular weight excluding hydrogens is 194 g/mol. The monoisotopic (exact) mass is 207 g/mol. The minimum absolute atomic E-state index is 0.00870. The van der Waals surface area contributed by atoms with E-state index in [1.54, 1.807) is 0 Å². The largest absolute Gasteiger partial charge is 0.476 e. The van der Waals surface area contributed by atoms with Crippen LogP contribution in [0.2, 0.25) is 0 Å². The summed E-state index contributed by atoms with van der Waals surface area (Å²) in [5, 5.41) is 8.68. The first kappa shape index (κ1) is 9.89. The standard InChI is InChI=1S/C10H13N3O2/c1-7-3-2-4-13(7)9-6-11-8(5-12-9)10(14)15/h5-7H,2-4H2,1H3,(H,14,15). The number of carboxylic acid groups (broad SMARTS) is 1. The van der Waals surface area contributed by atoms with Crippen molar-refractivity contribution in [2.45, 2.75) is 25.8 Å². The lowest BCUT2D eigenvalue weighted by molar-refractivity contribution is 0.0690. The zero-order valence-corrected chi connectivity index (χ0v) is 8.55. The van der Waals surface area contributed by atoms with Gasteiger partial charge in [-0.2, -0.15) is 0 Å². The van der Waals surface area contributed by atoms with E-state index >= 15 is 0 Å². The third-order valence-electron chi connectivity index (χ3n) is 2.70. The van der Waals surface area contributed by atoms with E-state index in [0.29, 0.717) is 6.04 Å². The van der Waals surface area contributed by atoms with Gasteiger partial charge in [0, 0.05) is 12.6 Å². The highest BCUT2D eigenvalue weighted by atomic mass is 16.4. The van der Waals surface area contributed by atoms with E-state index in [9.17, 15) is 4.79 Å². The fraction of sp³-hybridized carbons (Fsp3) is 0.500. The molecule has 0 spiro atoms. The fourth-order valence-corrected chi connectivity index (χ4v) is 1.85. The van der Waals surface area contributed by atoms with E-state index in [0.717, 1.165) is 25.2 Å². The molecule has 0 saturated carbocycles. The average Bonchev–Trinajstić information content (AvgIpc) is 2.65. The van der Waals surface area contributed by atoms with Crippen molar-refractivity contribution < 1.29 is 9.90 Å². The van der Waals surface area contributed by atoms with Crippen LogP contribution in [0.5, 0.6) is 0 Å². The molecule has 1 aliphatic rings. The Balaban J connectivity index is 2.19. The van der Waals surface area contributed by atoms with Crippen molar-refractivity contribution >= 4 is 11.8 Å². The van der Waals surface area contributed by atoms with Crippen LogP contribution < -0.4 is 4.90 Å². The van der Waals surface area contributed by atoms with Gasteiger partial charge in [0.15, 0.2) is 5.69 Å². The SMILES string of the molecule is CC1CCCN1c1cnc(C(=O)O)cn1. The molecule has 0 amide bonds. The van der Waals surface area contributed by atoms with E-state index in [1.165, 1.54) is 12.4 Å². The normalized spacial score (nSPS) is 20.6. The molecule has 0 aliphatic carbocycles. The number of carbonyl (C=O) groups is 1. The Labute approximate surface area is 87.8 Å². The number of aromatic carboxylic acids is 1. The molecule has 0 radical (unpaired) electrons. The number of hydrogen-bond acceptors (Lipinski definition) is 4. The van der Waals surface area contributed by atoms with Crippen molar-refractivity contribution in [1.82, 2.24) is 9.97 Å². The molecule has 1 fully saturated rings. The Morgan fingerprint density at radius 3 is 2.80 bits per heavy atom. The molecule has 1 N–H and O–H groups in total. The van der Waals surface area contributed by atoms with Crippen molar-refractivity contribution in [3.63, 3.8) is 0 Å². The molecule has 5 nitrogen and oxygen atoms in total. The van der Waals surface area contributed by atoms with Crippen LogP contribution in [0, 0.1) is 0 Å². The van der Waals surface area contributed by atoms with Gasteiger partial charge in [0.05, 0.1) is 12.4 Å². The molecule has 1 unspecified atom stereocenters. The third kappa shape index (κ3) is 1.91. The molecule has 1 atom stereocenters.